The molecule has 2 atom stereocenters. The molecule has 1 aromatic carbocycles. The van der Waals surface area contributed by atoms with Gasteiger partial charge in [0.05, 0.1) is 18.8 Å². The van der Waals surface area contributed by atoms with Gasteiger partial charge in [-0.15, -0.1) is 0 Å². The molecule has 1 fully saturated rings. The molecule has 10 heteroatoms. The van der Waals surface area contributed by atoms with Crippen molar-refractivity contribution >= 4 is 21.7 Å². The summed E-state index contributed by atoms with van der Waals surface area (Å²) in [4.78, 5) is 23.9. The smallest absolute Gasteiger partial charge is 0.281 e. The van der Waals surface area contributed by atoms with Crippen LogP contribution in [0.1, 0.15) is 43.1 Å². The van der Waals surface area contributed by atoms with Crippen molar-refractivity contribution < 1.29 is 22.7 Å². The van der Waals surface area contributed by atoms with Gasteiger partial charge < -0.3 is 14.4 Å². The molecule has 0 radical (unpaired) electrons. The predicted octanol–water partition coefficient (Wildman–Crippen LogP) is 3.85. The number of ether oxygens (including phenoxy) is 2. The van der Waals surface area contributed by atoms with E-state index in [4.69, 9.17) is 9.47 Å². The van der Waals surface area contributed by atoms with Crippen LogP contribution in [0.15, 0.2) is 65.8 Å². The van der Waals surface area contributed by atoms with E-state index in [1.165, 1.54) is 12.1 Å². The zero-order chi connectivity index (χ0) is 26.9. The van der Waals surface area contributed by atoms with E-state index in [1.807, 2.05) is 24.3 Å². The van der Waals surface area contributed by atoms with Crippen LogP contribution in [0.4, 0.5) is 5.82 Å². The molecule has 3 aromatic rings. The number of hydrogen-bond donors (Lipinski definition) is 1. The Bertz CT molecular complexity index is 1440. The molecule has 2 aliphatic heterocycles. The molecule has 1 amide bonds. The van der Waals surface area contributed by atoms with Crippen molar-refractivity contribution in [3.05, 3.63) is 71.9 Å². The molecule has 2 aliphatic rings. The highest BCUT2D eigenvalue weighted by molar-refractivity contribution is 7.90. The van der Waals surface area contributed by atoms with Crippen molar-refractivity contribution in [2.24, 2.45) is 11.8 Å². The third kappa shape index (κ3) is 5.18. The number of nitrogens with one attached hydrogen (secondary N) is 1. The summed E-state index contributed by atoms with van der Waals surface area (Å²) in [6, 6.07) is 15.5. The monoisotopic (exact) mass is 536 g/mol. The third-order valence-electron chi connectivity index (χ3n) is 7.60. The average Bonchev–Trinajstić information content (AvgIpc) is 3.18. The molecule has 1 N–H and O–H groups in total. The molecule has 2 unspecified atom stereocenters. The van der Waals surface area contributed by atoms with Crippen molar-refractivity contribution in [1.82, 2.24) is 14.7 Å². The fourth-order valence-corrected chi connectivity index (χ4v) is 5.88. The Labute approximate surface area is 223 Å². The quantitative estimate of drug-likeness (QED) is 0.485. The first-order valence-electron chi connectivity index (χ1n) is 12.8. The van der Waals surface area contributed by atoms with Gasteiger partial charge in [-0.2, -0.15) is 13.4 Å². The van der Waals surface area contributed by atoms with Gasteiger partial charge in [0.2, 0.25) is 5.88 Å². The summed E-state index contributed by atoms with van der Waals surface area (Å²) in [5.41, 5.74) is 1.09. The van der Waals surface area contributed by atoms with Gasteiger partial charge in [-0.1, -0.05) is 31.2 Å². The second-order valence-electron chi connectivity index (χ2n) is 10.4. The number of carbonyl (C=O) groups is 1. The molecule has 4 heterocycles. The second kappa shape index (κ2) is 10.2. The van der Waals surface area contributed by atoms with Crippen LogP contribution in [0.2, 0.25) is 0 Å². The number of sulfonamides is 1. The van der Waals surface area contributed by atoms with Crippen LogP contribution < -0.4 is 19.1 Å². The summed E-state index contributed by atoms with van der Waals surface area (Å²) >= 11 is 0. The first kappa shape index (κ1) is 26.0. The van der Waals surface area contributed by atoms with Crippen molar-refractivity contribution in [1.29, 1.82) is 0 Å². The maximum atomic E-state index is 13.2. The fourth-order valence-electron chi connectivity index (χ4n) is 4.95. The minimum atomic E-state index is -4.25. The van der Waals surface area contributed by atoms with Gasteiger partial charge in [0, 0.05) is 30.3 Å². The number of amides is 1. The van der Waals surface area contributed by atoms with E-state index in [1.54, 1.807) is 24.4 Å². The molecule has 0 aliphatic carbocycles. The number of para-hydroxylation sites is 1. The zero-order valence-corrected chi connectivity index (χ0v) is 22.6. The first-order chi connectivity index (χ1) is 18.1. The number of benzene rings is 1. The maximum Gasteiger partial charge on any atom is 0.281 e. The lowest BCUT2D eigenvalue weighted by Crippen LogP contribution is -2.43. The normalized spacial score (nSPS) is 20.3. The lowest BCUT2D eigenvalue weighted by molar-refractivity contribution is 0.0981. The molecule has 1 saturated heterocycles. The highest BCUT2D eigenvalue weighted by Gasteiger charge is 2.40. The lowest BCUT2D eigenvalue weighted by Gasteiger charge is -2.36. The van der Waals surface area contributed by atoms with Gasteiger partial charge in [0.25, 0.3) is 15.9 Å². The van der Waals surface area contributed by atoms with E-state index in [0.29, 0.717) is 24.9 Å². The van der Waals surface area contributed by atoms with Crippen molar-refractivity contribution in [3.8, 4) is 11.6 Å². The molecule has 9 nitrogen and oxygen atoms in total. The molecule has 200 valence electrons. The van der Waals surface area contributed by atoms with E-state index >= 15 is 0 Å². The van der Waals surface area contributed by atoms with E-state index in [9.17, 15) is 13.2 Å². The molecule has 2 aromatic heterocycles. The molecule has 5 rings (SSSR count). The van der Waals surface area contributed by atoms with Crippen molar-refractivity contribution in [2.45, 2.75) is 44.2 Å². The number of anilines is 1. The van der Waals surface area contributed by atoms with Crippen LogP contribution in [-0.4, -0.2) is 49.6 Å². The Hall–Kier alpha value is -3.66. The molecule has 0 saturated carbocycles. The number of rotatable bonds is 7. The number of nitrogens with zero attached hydrogens (tertiary/aromatic N) is 3. The number of pyridine rings is 2. The Balaban J connectivity index is 1.28. The van der Waals surface area contributed by atoms with Crippen LogP contribution in [0.5, 0.6) is 11.6 Å². The van der Waals surface area contributed by atoms with Crippen LogP contribution in [0.25, 0.3) is 0 Å². The Morgan fingerprint density at radius 2 is 1.97 bits per heavy atom. The van der Waals surface area contributed by atoms with E-state index in [2.05, 4.69) is 40.4 Å². The fraction of sp³-hybridized carbons (Fsp3) is 0.393. The summed E-state index contributed by atoms with van der Waals surface area (Å²) in [6.45, 7) is 7.92. The van der Waals surface area contributed by atoms with E-state index < -0.39 is 15.9 Å². The molecule has 38 heavy (non-hydrogen) atoms. The summed E-state index contributed by atoms with van der Waals surface area (Å²) in [5.74, 6) is 1.25. The number of fused-ring (bicyclic) bond motifs is 1. The van der Waals surface area contributed by atoms with Gasteiger partial charge in [0.1, 0.15) is 11.6 Å². The summed E-state index contributed by atoms with van der Waals surface area (Å²) in [5, 5.41) is -0.297. The largest absolute Gasteiger partial charge is 0.493 e. The Kier molecular flexibility index (Phi) is 7.00. The van der Waals surface area contributed by atoms with Crippen LogP contribution in [0.3, 0.4) is 0 Å². The lowest BCUT2D eigenvalue weighted by atomic mass is 9.90. The number of hydrogen-bond acceptors (Lipinski definition) is 8. The first-order valence-corrected chi connectivity index (χ1v) is 14.2. The van der Waals surface area contributed by atoms with Gasteiger partial charge in [-0.05, 0) is 62.4 Å². The summed E-state index contributed by atoms with van der Waals surface area (Å²) < 4.78 is 40.0. The van der Waals surface area contributed by atoms with Gasteiger partial charge in [-0.3, -0.25) is 4.79 Å². The zero-order valence-electron chi connectivity index (χ0n) is 21.8. The third-order valence-corrected chi connectivity index (χ3v) is 8.83. The van der Waals surface area contributed by atoms with Gasteiger partial charge >= 0.3 is 0 Å². The maximum absolute atomic E-state index is 13.2. The SMILES string of the molecule is CC1CCN(c2ncccc2C(=O)NS(=O)(=O)c2cccc(OCC3COc4ccccc4C3)n2)C1(C)C. The number of carbonyl (C=O) groups excluding carboxylic acids is 1. The minimum absolute atomic E-state index is 0.105. The van der Waals surface area contributed by atoms with Gasteiger partial charge in [-0.25, -0.2) is 9.71 Å². The Morgan fingerprint density at radius 1 is 1.16 bits per heavy atom. The summed E-state index contributed by atoms with van der Waals surface area (Å²) in [7, 11) is -4.25. The molecular weight excluding hydrogens is 504 g/mol. The summed E-state index contributed by atoms with van der Waals surface area (Å²) in [6.07, 6.45) is 3.36. The van der Waals surface area contributed by atoms with Crippen LogP contribution in [0, 0.1) is 11.8 Å². The standard InChI is InChI=1S/C28H32N4O5S/c1-19-13-15-32(28(19,2)3)26-22(9-7-14-29-26)27(33)31-38(34,35)25-12-6-11-24(30-25)37-18-20-16-21-8-4-5-10-23(21)36-17-20/h4-12,14,19-20H,13,15-18H2,1-3H3,(H,31,33). The Morgan fingerprint density at radius 3 is 2.76 bits per heavy atom. The highest BCUT2D eigenvalue weighted by atomic mass is 32.2. The van der Waals surface area contributed by atoms with Crippen molar-refractivity contribution in [3.63, 3.8) is 0 Å². The highest BCUT2D eigenvalue weighted by Crippen LogP contribution is 2.38. The van der Waals surface area contributed by atoms with Crippen LogP contribution in [-0.2, 0) is 16.4 Å². The van der Waals surface area contributed by atoms with Crippen LogP contribution >= 0.6 is 0 Å². The van der Waals surface area contributed by atoms with E-state index in [-0.39, 0.29) is 27.9 Å². The number of aromatic nitrogens is 2. The minimum Gasteiger partial charge on any atom is -0.493 e. The average molecular weight is 537 g/mol. The molecular formula is C28H32N4O5S. The van der Waals surface area contributed by atoms with E-state index in [0.717, 1.165) is 30.7 Å². The predicted molar refractivity (Wildman–Crippen MR) is 143 cm³/mol. The topological polar surface area (TPSA) is 111 Å². The van der Waals surface area contributed by atoms with Crippen molar-refractivity contribution in [2.75, 3.05) is 24.7 Å². The van der Waals surface area contributed by atoms with Gasteiger partial charge in [0.15, 0.2) is 5.03 Å². The second-order valence-corrected chi connectivity index (χ2v) is 12.0. The molecule has 0 spiro atoms. The molecule has 0 bridgehead atoms.